The molecule has 0 saturated heterocycles. The van der Waals surface area contributed by atoms with Crippen molar-refractivity contribution in [2.24, 2.45) is 0 Å². The van der Waals surface area contributed by atoms with Crippen LogP contribution in [-0.4, -0.2) is 18.7 Å². The molecule has 0 spiro atoms. The summed E-state index contributed by atoms with van der Waals surface area (Å²) in [5, 5.41) is 4.39. The number of methoxy groups -OCH3 is 1. The Labute approximate surface area is 222 Å². The zero-order valence-corrected chi connectivity index (χ0v) is 22.3. The van der Waals surface area contributed by atoms with E-state index in [1.165, 1.54) is 0 Å². The van der Waals surface area contributed by atoms with Gasteiger partial charge in [0.25, 0.3) is 0 Å². The lowest BCUT2D eigenvalue weighted by atomic mass is 9.71. The fraction of sp³-hybridized carbons (Fsp3) is 0.333. The van der Waals surface area contributed by atoms with Gasteiger partial charge in [-0.05, 0) is 77.0 Å². The third kappa shape index (κ3) is 4.64. The molecular weight excluding hydrogens is 553 g/mol. The van der Waals surface area contributed by atoms with Crippen LogP contribution in [0.25, 0.3) is 0 Å². The number of benzene rings is 2. The Morgan fingerprint density at radius 1 is 0.943 bits per heavy atom. The molecule has 8 heteroatoms. The van der Waals surface area contributed by atoms with Crippen LogP contribution in [0.15, 0.2) is 57.3 Å². The first kappa shape index (κ1) is 24.4. The number of allylic oxidation sites excluding steroid dienone is 4. The summed E-state index contributed by atoms with van der Waals surface area (Å²) in [7, 11) is 1.58. The molecule has 0 amide bonds. The molecule has 3 aliphatic rings. The molecule has 1 N–H and O–H groups in total. The minimum atomic E-state index is -0.406. The van der Waals surface area contributed by atoms with Crippen LogP contribution in [0.1, 0.15) is 55.6 Å². The van der Waals surface area contributed by atoms with E-state index >= 15 is 0 Å². The van der Waals surface area contributed by atoms with E-state index in [0.717, 1.165) is 48.2 Å². The Balaban J connectivity index is 1.54. The van der Waals surface area contributed by atoms with Gasteiger partial charge in [-0.25, -0.2) is 0 Å². The van der Waals surface area contributed by atoms with Gasteiger partial charge in [0.15, 0.2) is 23.1 Å². The Bertz CT molecular complexity index is 1260. The average molecular weight is 577 g/mol. The van der Waals surface area contributed by atoms with Crippen molar-refractivity contribution in [3.63, 3.8) is 0 Å². The molecule has 0 aromatic heterocycles. The van der Waals surface area contributed by atoms with Crippen molar-refractivity contribution in [1.29, 1.82) is 0 Å². The number of Topliss-reactive ketones (excluding diaryl/α,β-unsaturated/α-hetero) is 2. The van der Waals surface area contributed by atoms with Gasteiger partial charge in [0, 0.05) is 41.3 Å². The molecular formula is C27H24BrCl2NO4. The molecule has 182 valence electrons. The highest BCUT2D eigenvalue weighted by Crippen LogP contribution is 2.48. The molecule has 1 aliphatic heterocycles. The van der Waals surface area contributed by atoms with Crippen molar-refractivity contribution in [2.75, 3.05) is 7.11 Å². The first-order chi connectivity index (χ1) is 16.9. The van der Waals surface area contributed by atoms with Gasteiger partial charge in [0.05, 0.1) is 21.6 Å². The number of hydrogen-bond acceptors (Lipinski definition) is 5. The third-order valence-electron chi connectivity index (χ3n) is 6.74. The summed E-state index contributed by atoms with van der Waals surface area (Å²) in [6.07, 6.45) is 4.26. The van der Waals surface area contributed by atoms with E-state index in [2.05, 4.69) is 21.2 Å². The highest BCUT2D eigenvalue weighted by molar-refractivity contribution is 9.10. The number of halogens is 3. The fourth-order valence-electron chi connectivity index (χ4n) is 5.15. The van der Waals surface area contributed by atoms with Gasteiger partial charge in [-0.3, -0.25) is 9.59 Å². The number of hydrogen-bond donors (Lipinski definition) is 1. The first-order valence-corrected chi connectivity index (χ1v) is 13.2. The SMILES string of the molecule is COc1cc(C2C3=C(CCCC3=O)NC3=C2C(=O)CCC3)cc(Br)c1OCc1ccc(Cl)c(Cl)c1. The molecule has 1 heterocycles. The van der Waals surface area contributed by atoms with Crippen molar-refractivity contribution >= 4 is 50.7 Å². The van der Waals surface area contributed by atoms with Crippen LogP contribution in [0.5, 0.6) is 11.5 Å². The van der Waals surface area contributed by atoms with Gasteiger partial charge in [-0.1, -0.05) is 29.3 Å². The molecule has 5 rings (SSSR count). The molecule has 0 bridgehead atoms. The number of carbonyl (C=O) groups excluding carboxylic acids is 2. The van der Waals surface area contributed by atoms with E-state index in [4.69, 9.17) is 32.7 Å². The van der Waals surface area contributed by atoms with Crippen molar-refractivity contribution in [3.05, 3.63) is 78.5 Å². The van der Waals surface area contributed by atoms with Crippen molar-refractivity contribution < 1.29 is 19.1 Å². The summed E-state index contributed by atoms with van der Waals surface area (Å²) < 4.78 is 12.5. The molecule has 5 nitrogen and oxygen atoms in total. The predicted octanol–water partition coefficient (Wildman–Crippen LogP) is 7.04. The van der Waals surface area contributed by atoms with Crippen LogP contribution in [0.3, 0.4) is 0 Å². The van der Waals surface area contributed by atoms with E-state index in [9.17, 15) is 9.59 Å². The van der Waals surface area contributed by atoms with Gasteiger partial charge < -0.3 is 14.8 Å². The maximum absolute atomic E-state index is 13.1. The van der Waals surface area contributed by atoms with Gasteiger partial charge in [-0.15, -0.1) is 0 Å². The summed E-state index contributed by atoms with van der Waals surface area (Å²) in [5.74, 6) is 0.844. The van der Waals surface area contributed by atoms with Crippen molar-refractivity contribution in [3.8, 4) is 11.5 Å². The number of nitrogens with one attached hydrogen (secondary N) is 1. The largest absolute Gasteiger partial charge is 0.493 e. The Morgan fingerprint density at radius 3 is 2.20 bits per heavy atom. The topological polar surface area (TPSA) is 64.6 Å². The van der Waals surface area contributed by atoms with Gasteiger partial charge in [-0.2, -0.15) is 0 Å². The maximum Gasteiger partial charge on any atom is 0.175 e. The van der Waals surface area contributed by atoms with Gasteiger partial charge >= 0.3 is 0 Å². The molecule has 2 aromatic carbocycles. The lowest BCUT2D eigenvalue weighted by Gasteiger charge is -2.37. The minimum Gasteiger partial charge on any atom is -0.493 e. The Morgan fingerprint density at radius 2 is 1.60 bits per heavy atom. The number of ketones is 2. The Kier molecular flexibility index (Phi) is 6.97. The van der Waals surface area contributed by atoms with Gasteiger partial charge in [0.2, 0.25) is 0 Å². The summed E-state index contributed by atoms with van der Waals surface area (Å²) in [4.78, 5) is 26.2. The van der Waals surface area contributed by atoms with Crippen LogP contribution in [0.2, 0.25) is 10.0 Å². The van der Waals surface area contributed by atoms with E-state index in [1.807, 2.05) is 18.2 Å². The second-order valence-electron chi connectivity index (χ2n) is 8.97. The van der Waals surface area contributed by atoms with Crippen molar-refractivity contribution in [1.82, 2.24) is 5.32 Å². The smallest absolute Gasteiger partial charge is 0.175 e. The van der Waals surface area contributed by atoms with E-state index in [-0.39, 0.29) is 18.2 Å². The van der Waals surface area contributed by atoms with Crippen molar-refractivity contribution in [2.45, 2.75) is 51.0 Å². The minimum absolute atomic E-state index is 0.101. The standard InChI is InChI=1S/C27H24BrCl2NO4/c1-34-23-12-15(11-16(28)27(23)35-13-14-8-9-17(29)18(30)10-14)24-25-19(4-2-6-21(25)32)31-20-5-3-7-22(33)26(20)24/h8-12,24,31H,2-7,13H2,1H3. The number of carbonyl (C=O) groups is 2. The quantitative estimate of drug-likeness (QED) is 0.413. The third-order valence-corrected chi connectivity index (χ3v) is 8.07. The molecule has 0 fully saturated rings. The summed E-state index contributed by atoms with van der Waals surface area (Å²) in [6, 6.07) is 9.15. The van der Waals surface area contributed by atoms with Gasteiger partial charge in [0.1, 0.15) is 6.61 Å². The molecule has 0 radical (unpaired) electrons. The molecule has 0 atom stereocenters. The Hall–Kier alpha value is -2.28. The van der Waals surface area contributed by atoms with E-state index < -0.39 is 5.92 Å². The second kappa shape index (κ2) is 10.00. The predicted molar refractivity (Wildman–Crippen MR) is 139 cm³/mol. The monoisotopic (exact) mass is 575 g/mol. The van der Waals surface area contributed by atoms with Crippen LogP contribution in [0.4, 0.5) is 0 Å². The van der Waals surface area contributed by atoms with E-state index in [1.54, 1.807) is 19.2 Å². The van der Waals surface area contributed by atoms with Crippen LogP contribution in [-0.2, 0) is 16.2 Å². The summed E-state index contributed by atoms with van der Waals surface area (Å²) in [6.45, 7) is 0.264. The molecule has 35 heavy (non-hydrogen) atoms. The molecule has 2 aromatic rings. The highest BCUT2D eigenvalue weighted by Gasteiger charge is 2.40. The second-order valence-corrected chi connectivity index (χ2v) is 10.6. The number of rotatable bonds is 5. The highest BCUT2D eigenvalue weighted by atomic mass is 79.9. The normalized spacial score (nSPS) is 18.3. The fourth-order valence-corrected chi connectivity index (χ4v) is 6.04. The first-order valence-electron chi connectivity index (χ1n) is 11.6. The molecule has 0 saturated carbocycles. The lowest BCUT2D eigenvalue weighted by molar-refractivity contribution is -0.116. The number of dihydropyridines is 1. The zero-order valence-electron chi connectivity index (χ0n) is 19.2. The maximum atomic E-state index is 13.1. The summed E-state index contributed by atoms with van der Waals surface area (Å²) in [5.41, 5.74) is 5.03. The van der Waals surface area contributed by atoms with Crippen LogP contribution < -0.4 is 14.8 Å². The molecule has 2 aliphatic carbocycles. The zero-order chi connectivity index (χ0) is 24.7. The van der Waals surface area contributed by atoms with Crippen LogP contribution in [0, 0.1) is 0 Å². The average Bonchev–Trinajstić information content (AvgIpc) is 2.84. The van der Waals surface area contributed by atoms with E-state index in [0.29, 0.717) is 50.0 Å². The summed E-state index contributed by atoms with van der Waals surface area (Å²) >= 11 is 15.8. The lowest BCUT2D eigenvalue weighted by Crippen LogP contribution is -2.36. The molecule has 0 unspecified atom stereocenters. The number of ether oxygens (including phenoxy) is 2. The van der Waals surface area contributed by atoms with Crippen LogP contribution >= 0.6 is 39.1 Å².